The standard InChI is InChI=1S/C10H15N3O2S/c1-2-16(14,15)12-9-7-13(8-9)10-5-3-4-6-11-10/h3-6,9,12H,2,7-8H2,1H3. The van der Waals surface area contributed by atoms with E-state index in [0.717, 1.165) is 5.82 Å². The molecule has 0 radical (unpaired) electrons. The van der Waals surface area contributed by atoms with Crippen LogP contribution in [-0.2, 0) is 10.0 Å². The molecule has 1 aliphatic heterocycles. The fourth-order valence-electron chi connectivity index (χ4n) is 1.62. The van der Waals surface area contributed by atoms with Gasteiger partial charge in [0.1, 0.15) is 5.82 Å². The Kier molecular flexibility index (Phi) is 3.11. The highest BCUT2D eigenvalue weighted by atomic mass is 32.2. The van der Waals surface area contributed by atoms with Crippen molar-refractivity contribution in [2.24, 2.45) is 0 Å². The monoisotopic (exact) mass is 241 g/mol. The molecule has 0 atom stereocenters. The van der Waals surface area contributed by atoms with E-state index in [1.807, 2.05) is 23.1 Å². The van der Waals surface area contributed by atoms with Gasteiger partial charge in [0, 0.05) is 19.3 Å². The zero-order chi connectivity index (χ0) is 11.6. The van der Waals surface area contributed by atoms with Gasteiger partial charge in [-0.1, -0.05) is 6.07 Å². The lowest BCUT2D eigenvalue weighted by Crippen LogP contribution is -2.59. The van der Waals surface area contributed by atoms with Crippen LogP contribution in [0.5, 0.6) is 0 Å². The van der Waals surface area contributed by atoms with Gasteiger partial charge >= 0.3 is 0 Å². The molecule has 0 amide bonds. The Morgan fingerprint density at radius 1 is 1.50 bits per heavy atom. The molecule has 0 unspecified atom stereocenters. The van der Waals surface area contributed by atoms with Crippen LogP contribution in [0.4, 0.5) is 5.82 Å². The van der Waals surface area contributed by atoms with Crippen LogP contribution in [-0.4, -0.2) is 38.3 Å². The molecule has 2 heterocycles. The molecule has 0 bridgehead atoms. The summed E-state index contributed by atoms with van der Waals surface area (Å²) in [5, 5.41) is 0. The van der Waals surface area contributed by atoms with Gasteiger partial charge in [-0.2, -0.15) is 0 Å². The lowest BCUT2D eigenvalue weighted by molar-refractivity contribution is 0.466. The highest BCUT2D eigenvalue weighted by Gasteiger charge is 2.30. The van der Waals surface area contributed by atoms with E-state index in [4.69, 9.17) is 0 Å². The summed E-state index contributed by atoms with van der Waals surface area (Å²) in [7, 11) is -3.08. The van der Waals surface area contributed by atoms with Crippen molar-refractivity contribution in [3.05, 3.63) is 24.4 Å². The van der Waals surface area contributed by atoms with Gasteiger partial charge in [0.2, 0.25) is 10.0 Å². The van der Waals surface area contributed by atoms with E-state index < -0.39 is 10.0 Å². The minimum absolute atomic E-state index is 0.0203. The third-order valence-corrected chi connectivity index (χ3v) is 4.03. The zero-order valence-electron chi connectivity index (χ0n) is 9.13. The summed E-state index contributed by atoms with van der Waals surface area (Å²) in [4.78, 5) is 6.25. The molecule has 0 spiro atoms. The molecule has 1 saturated heterocycles. The summed E-state index contributed by atoms with van der Waals surface area (Å²) >= 11 is 0. The predicted octanol–water partition coefficient (Wildman–Crippen LogP) is 0.209. The van der Waals surface area contributed by atoms with Gasteiger partial charge < -0.3 is 4.90 Å². The van der Waals surface area contributed by atoms with E-state index >= 15 is 0 Å². The van der Waals surface area contributed by atoms with Crippen LogP contribution < -0.4 is 9.62 Å². The van der Waals surface area contributed by atoms with Crippen LogP contribution in [0.1, 0.15) is 6.92 Å². The summed E-state index contributed by atoms with van der Waals surface area (Å²) in [6, 6.07) is 5.73. The molecule has 1 aliphatic rings. The number of sulfonamides is 1. The van der Waals surface area contributed by atoms with Crippen molar-refractivity contribution in [2.75, 3.05) is 23.7 Å². The Bertz CT molecular complexity index is 440. The predicted molar refractivity (Wildman–Crippen MR) is 62.8 cm³/mol. The van der Waals surface area contributed by atoms with Gasteiger partial charge in [0.15, 0.2) is 0 Å². The van der Waals surface area contributed by atoms with Crippen LogP contribution in [0.2, 0.25) is 0 Å². The molecule has 1 fully saturated rings. The molecule has 1 N–H and O–H groups in total. The Hall–Kier alpha value is -1.14. The molecule has 0 aliphatic carbocycles. The zero-order valence-corrected chi connectivity index (χ0v) is 9.94. The van der Waals surface area contributed by atoms with Crippen molar-refractivity contribution < 1.29 is 8.42 Å². The fraction of sp³-hybridized carbons (Fsp3) is 0.500. The number of rotatable bonds is 4. The first-order valence-electron chi connectivity index (χ1n) is 5.26. The molecule has 16 heavy (non-hydrogen) atoms. The number of nitrogens with zero attached hydrogens (tertiary/aromatic N) is 2. The van der Waals surface area contributed by atoms with Gasteiger partial charge in [-0.05, 0) is 19.1 Å². The van der Waals surface area contributed by atoms with Crippen LogP contribution >= 0.6 is 0 Å². The van der Waals surface area contributed by atoms with E-state index in [2.05, 4.69) is 9.71 Å². The lowest BCUT2D eigenvalue weighted by atomic mass is 10.1. The Labute approximate surface area is 95.5 Å². The first kappa shape index (κ1) is 11.3. The topological polar surface area (TPSA) is 62.3 Å². The van der Waals surface area contributed by atoms with Gasteiger partial charge in [0.25, 0.3) is 0 Å². The van der Waals surface area contributed by atoms with Crippen LogP contribution in [0.25, 0.3) is 0 Å². The maximum atomic E-state index is 11.3. The Balaban J connectivity index is 1.87. The van der Waals surface area contributed by atoms with Gasteiger partial charge in [-0.3, -0.25) is 0 Å². The summed E-state index contributed by atoms with van der Waals surface area (Å²) in [5.41, 5.74) is 0. The second-order valence-electron chi connectivity index (χ2n) is 3.81. The summed E-state index contributed by atoms with van der Waals surface area (Å²) in [6.07, 6.45) is 1.73. The molecule has 0 aromatic carbocycles. The quantitative estimate of drug-likeness (QED) is 0.818. The molecule has 0 saturated carbocycles. The molecular weight excluding hydrogens is 226 g/mol. The molecule has 1 aromatic rings. The van der Waals surface area contributed by atoms with Crippen LogP contribution in [0.15, 0.2) is 24.4 Å². The molecule has 88 valence electrons. The van der Waals surface area contributed by atoms with Crippen LogP contribution in [0, 0.1) is 0 Å². The van der Waals surface area contributed by atoms with Crippen molar-refractivity contribution in [1.29, 1.82) is 0 Å². The van der Waals surface area contributed by atoms with E-state index in [-0.39, 0.29) is 11.8 Å². The Morgan fingerprint density at radius 3 is 2.81 bits per heavy atom. The third-order valence-electron chi connectivity index (χ3n) is 2.58. The molecule has 1 aromatic heterocycles. The average Bonchev–Trinajstić information content (AvgIpc) is 2.24. The van der Waals surface area contributed by atoms with Gasteiger partial charge in [0.05, 0.1) is 11.8 Å². The first-order chi connectivity index (χ1) is 7.61. The maximum Gasteiger partial charge on any atom is 0.211 e. The lowest BCUT2D eigenvalue weighted by Gasteiger charge is -2.40. The van der Waals surface area contributed by atoms with Crippen molar-refractivity contribution in [3.63, 3.8) is 0 Å². The van der Waals surface area contributed by atoms with Crippen molar-refractivity contribution >= 4 is 15.8 Å². The van der Waals surface area contributed by atoms with E-state index in [1.54, 1.807) is 13.1 Å². The van der Waals surface area contributed by atoms with Crippen molar-refractivity contribution in [2.45, 2.75) is 13.0 Å². The third kappa shape index (κ3) is 2.51. The summed E-state index contributed by atoms with van der Waals surface area (Å²) < 4.78 is 25.2. The summed E-state index contributed by atoms with van der Waals surface area (Å²) in [5.74, 6) is 1.03. The molecule has 5 nitrogen and oxygen atoms in total. The second-order valence-corrected chi connectivity index (χ2v) is 5.85. The minimum Gasteiger partial charge on any atom is -0.353 e. The fourth-order valence-corrected chi connectivity index (χ4v) is 2.44. The van der Waals surface area contributed by atoms with Gasteiger partial charge in [-0.15, -0.1) is 0 Å². The van der Waals surface area contributed by atoms with E-state index in [0.29, 0.717) is 13.1 Å². The number of nitrogens with one attached hydrogen (secondary N) is 1. The Morgan fingerprint density at radius 2 is 2.25 bits per heavy atom. The highest BCUT2D eigenvalue weighted by molar-refractivity contribution is 7.89. The number of anilines is 1. The largest absolute Gasteiger partial charge is 0.353 e. The minimum atomic E-state index is -3.08. The number of pyridine rings is 1. The highest BCUT2D eigenvalue weighted by Crippen LogP contribution is 2.17. The number of hydrogen-bond acceptors (Lipinski definition) is 4. The molecular formula is C10H15N3O2S. The average molecular weight is 241 g/mol. The summed E-state index contributed by atoms with van der Waals surface area (Å²) in [6.45, 7) is 3.02. The van der Waals surface area contributed by atoms with E-state index in [1.165, 1.54) is 0 Å². The number of aromatic nitrogens is 1. The smallest absolute Gasteiger partial charge is 0.211 e. The molecule has 6 heteroatoms. The van der Waals surface area contributed by atoms with Crippen molar-refractivity contribution in [3.8, 4) is 0 Å². The normalized spacial score (nSPS) is 17.2. The molecule has 2 rings (SSSR count). The SMILES string of the molecule is CCS(=O)(=O)NC1CN(c2ccccn2)C1. The first-order valence-corrected chi connectivity index (χ1v) is 6.92. The number of hydrogen-bond donors (Lipinski definition) is 1. The maximum absolute atomic E-state index is 11.3. The van der Waals surface area contributed by atoms with E-state index in [9.17, 15) is 8.42 Å². The van der Waals surface area contributed by atoms with Gasteiger partial charge in [-0.25, -0.2) is 18.1 Å². The second kappa shape index (κ2) is 4.39. The van der Waals surface area contributed by atoms with Crippen molar-refractivity contribution in [1.82, 2.24) is 9.71 Å². The van der Waals surface area contributed by atoms with Crippen LogP contribution in [0.3, 0.4) is 0 Å².